The van der Waals surface area contributed by atoms with Crippen LogP contribution in [-0.2, 0) is 29.1 Å². The predicted octanol–water partition coefficient (Wildman–Crippen LogP) is 3.85. The summed E-state index contributed by atoms with van der Waals surface area (Å²) in [4.78, 5) is 0. The molecule has 7 nitrogen and oxygen atoms in total. The average molecular weight is 471 g/mol. The average Bonchev–Trinajstić information content (AvgIpc) is 2.74. The highest BCUT2D eigenvalue weighted by atomic mass is 16.6. The first kappa shape index (κ1) is 29.8. The fourth-order valence-electron chi connectivity index (χ4n) is 3.69. The van der Waals surface area contributed by atoms with Crippen LogP contribution >= 0.6 is 0 Å². The van der Waals surface area contributed by atoms with Crippen molar-refractivity contribution >= 4 is 0 Å². The molecule has 1 aromatic carbocycles. The van der Waals surface area contributed by atoms with Crippen LogP contribution in [-0.4, -0.2) is 84.4 Å². The van der Waals surface area contributed by atoms with Gasteiger partial charge in [0.1, 0.15) is 12.4 Å². The Kier molecular flexibility index (Phi) is 15.6. The Labute approximate surface area is 200 Å². The van der Waals surface area contributed by atoms with Crippen molar-refractivity contribution in [2.45, 2.75) is 46.5 Å². The van der Waals surface area contributed by atoms with Crippen molar-refractivity contribution in [1.29, 1.82) is 0 Å². The van der Waals surface area contributed by atoms with Crippen molar-refractivity contribution in [2.24, 2.45) is 5.41 Å². The van der Waals surface area contributed by atoms with Crippen LogP contribution in [0, 0.1) is 5.41 Å². The molecule has 0 saturated heterocycles. The molecular formula is C26H46O7. The third-order valence-electron chi connectivity index (χ3n) is 4.83. The second-order valence-electron chi connectivity index (χ2n) is 9.78. The number of aliphatic hydroxyl groups is 1. The zero-order valence-electron chi connectivity index (χ0n) is 21.4. The van der Waals surface area contributed by atoms with Crippen LogP contribution < -0.4 is 4.74 Å². The quantitative estimate of drug-likeness (QED) is 0.290. The van der Waals surface area contributed by atoms with Gasteiger partial charge in [0.05, 0.1) is 72.7 Å². The fraction of sp³-hybridized carbons (Fsp3) is 0.769. The summed E-state index contributed by atoms with van der Waals surface area (Å²) in [6, 6.07) is 8.41. The highest BCUT2D eigenvalue weighted by Gasteiger charge is 2.27. The number of rotatable bonds is 20. The maximum absolute atomic E-state index is 8.57. The summed E-state index contributed by atoms with van der Waals surface area (Å²) < 4.78 is 32.6. The summed E-state index contributed by atoms with van der Waals surface area (Å²) in [6.45, 7) is 17.0. The molecule has 0 spiro atoms. The summed E-state index contributed by atoms with van der Waals surface area (Å²) in [6.07, 6.45) is 1.12. The van der Waals surface area contributed by atoms with Gasteiger partial charge in [0.25, 0.3) is 0 Å². The highest BCUT2D eigenvalue weighted by molar-refractivity contribution is 5.31. The van der Waals surface area contributed by atoms with Crippen LogP contribution in [0.25, 0.3) is 0 Å². The topological polar surface area (TPSA) is 75.6 Å². The van der Waals surface area contributed by atoms with Gasteiger partial charge in [-0.15, -0.1) is 0 Å². The van der Waals surface area contributed by atoms with Gasteiger partial charge in [0, 0.05) is 0 Å². The molecule has 0 saturated carbocycles. The number of benzene rings is 1. The molecule has 1 rings (SSSR count). The Morgan fingerprint density at radius 3 is 1.36 bits per heavy atom. The van der Waals surface area contributed by atoms with Gasteiger partial charge in [-0.25, -0.2) is 0 Å². The summed E-state index contributed by atoms with van der Waals surface area (Å²) in [5.41, 5.74) is 1.76. The number of ether oxygens (including phenoxy) is 6. The third-order valence-corrected chi connectivity index (χ3v) is 4.83. The molecular weight excluding hydrogens is 424 g/mol. The molecule has 0 aliphatic carbocycles. The predicted molar refractivity (Wildman–Crippen MR) is 130 cm³/mol. The monoisotopic (exact) mass is 470 g/mol. The summed E-state index contributed by atoms with van der Waals surface area (Å²) >= 11 is 0. The molecule has 0 bridgehead atoms. The smallest absolute Gasteiger partial charge is 0.119 e. The maximum atomic E-state index is 8.57. The lowest BCUT2D eigenvalue weighted by atomic mass is 9.72. The van der Waals surface area contributed by atoms with Crippen molar-refractivity contribution in [2.75, 3.05) is 79.3 Å². The zero-order valence-corrected chi connectivity index (χ0v) is 21.4. The lowest BCUT2D eigenvalue weighted by molar-refractivity contribution is -0.0146. The van der Waals surface area contributed by atoms with Crippen molar-refractivity contribution in [3.8, 4) is 5.75 Å². The van der Waals surface area contributed by atoms with Crippen molar-refractivity contribution < 1.29 is 33.5 Å². The SMILES string of the molecule is CC(C)(C)CC(C)(C)c1ccc(OCCOCCOCCOCCOCCOCCO)cc1. The van der Waals surface area contributed by atoms with E-state index in [-0.39, 0.29) is 12.0 Å². The lowest BCUT2D eigenvalue weighted by Crippen LogP contribution is -2.24. The van der Waals surface area contributed by atoms with Gasteiger partial charge in [0.15, 0.2) is 0 Å². The second kappa shape index (κ2) is 17.2. The van der Waals surface area contributed by atoms with E-state index in [4.69, 9.17) is 33.5 Å². The molecule has 0 heterocycles. The molecule has 0 fully saturated rings. The first-order chi connectivity index (χ1) is 15.7. The van der Waals surface area contributed by atoms with E-state index in [1.54, 1.807) is 0 Å². The molecule has 0 atom stereocenters. The van der Waals surface area contributed by atoms with Gasteiger partial charge < -0.3 is 33.5 Å². The molecule has 7 heteroatoms. The molecule has 1 aromatic rings. The molecule has 0 amide bonds. The first-order valence-corrected chi connectivity index (χ1v) is 12.0. The largest absolute Gasteiger partial charge is 0.491 e. The van der Waals surface area contributed by atoms with E-state index in [0.717, 1.165) is 12.2 Å². The van der Waals surface area contributed by atoms with Crippen LogP contribution in [0.4, 0.5) is 0 Å². The van der Waals surface area contributed by atoms with Crippen LogP contribution in [0.2, 0.25) is 0 Å². The van der Waals surface area contributed by atoms with Gasteiger partial charge in [-0.3, -0.25) is 0 Å². The number of hydrogen-bond acceptors (Lipinski definition) is 7. The van der Waals surface area contributed by atoms with E-state index in [1.165, 1.54) is 5.56 Å². The zero-order chi connectivity index (χ0) is 24.4. The normalized spacial score (nSPS) is 12.3. The van der Waals surface area contributed by atoms with Crippen LogP contribution in [0.5, 0.6) is 5.75 Å². The second-order valence-corrected chi connectivity index (χ2v) is 9.78. The lowest BCUT2D eigenvalue weighted by Gasteiger charge is -2.33. The molecule has 0 aromatic heterocycles. The van der Waals surface area contributed by atoms with Crippen molar-refractivity contribution in [1.82, 2.24) is 0 Å². The van der Waals surface area contributed by atoms with Crippen molar-refractivity contribution in [3.05, 3.63) is 29.8 Å². The molecule has 192 valence electrons. The van der Waals surface area contributed by atoms with E-state index in [9.17, 15) is 0 Å². The van der Waals surface area contributed by atoms with Gasteiger partial charge in [-0.2, -0.15) is 0 Å². The molecule has 0 aliphatic rings. The Bertz CT molecular complexity index is 581. The molecule has 0 aliphatic heterocycles. The Hall–Kier alpha value is -1.22. The number of hydrogen-bond donors (Lipinski definition) is 1. The van der Waals surface area contributed by atoms with E-state index >= 15 is 0 Å². The highest BCUT2D eigenvalue weighted by Crippen LogP contribution is 2.36. The Morgan fingerprint density at radius 1 is 0.576 bits per heavy atom. The van der Waals surface area contributed by atoms with Gasteiger partial charge in [0.2, 0.25) is 0 Å². The summed E-state index contributed by atoms with van der Waals surface area (Å²) in [5, 5.41) is 8.57. The Balaban J connectivity index is 1.96. The van der Waals surface area contributed by atoms with E-state index < -0.39 is 0 Å². The van der Waals surface area contributed by atoms with Crippen LogP contribution in [0.1, 0.15) is 46.6 Å². The van der Waals surface area contributed by atoms with E-state index in [2.05, 4.69) is 46.8 Å². The minimum Gasteiger partial charge on any atom is -0.491 e. The van der Waals surface area contributed by atoms with Crippen LogP contribution in [0.3, 0.4) is 0 Å². The molecule has 0 unspecified atom stereocenters. The van der Waals surface area contributed by atoms with E-state index in [1.807, 2.05) is 12.1 Å². The van der Waals surface area contributed by atoms with Gasteiger partial charge in [-0.05, 0) is 34.9 Å². The van der Waals surface area contributed by atoms with Gasteiger partial charge in [-0.1, -0.05) is 46.8 Å². The summed E-state index contributed by atoms with van der Waals surface area (Å²) in [7, 11) is 0. The van der Waals surface area contributed by atoms with E-state index in [0.29, 0.717) is 78.1 Å². The maximum Gasteiger partial charge on any atom is 0.119 e. The standard InChI is InChI=1S/C26H46O7/c1-25(2,3)22-26(4,5)23-6-8-24(9-7-23)33-21-20-32-19-18-31-17-16-30-15-14-29-13-12-28-11-10-27/h6-9,27H,10-22H2,1-5H3. The third kappa shape index (κ3) is 16.1. The summed E-state index contributed by atoms with van der Waals surface area (Å²) in [5.74, 6) is 0.865. The Morgan fingerprint density at radius 2 is 0.970 bits per heavy atom. The molecule has 0 radical (unpaired) electrons. The molecule has 33 heavy (non-hydrogen) atoms. The molecule has 1 N–H and O–H groups in total. The van der Waals surface area contributed by atoms with Crippen LogP contribution in [0.15, 0.2) is 24.3 Å². The van der Waals surface area contributed by atoms with Gasteiger partial charge >= 0.3 is 0 Å². The minimum atomic E-state index is 0.0349. The first-order valence-electron chi connectivity index (χ1n) is 12.0. The minimum absolute atomic E-state index is 0.0349. The van der Waals surface area contributed by atoms with Crippen molar-refractivity contribution in [3.63, 3.8) is 0 Å². The fourth-order valence-corrected chi connectivity index (χ4v) is 3.69. The number of aliphatic hydroxyl groups excluding tert-OH is 1.